The van der Waals surface area contributed by atoms with E-state index in [-0.39, 0.29) is 23.8 Å². The van der Waals surface area contributed by atoms with E-state index in [1.807, 2.05) is 42.2 Å². The van der Waals surface area contributed by atoms with Gasteiger partial charge in [0.1, 0.15) is 12.4 Å². The van der Waals surface area contributed by atoms with Crippen LogP contribution < -0.4 is 4.74 Å². The lowest BCUT2D eigenvalue weighted by molar-refractivity contribution is -0.0124. The third-order valence-electron chi connectivity index (χ3n) is 5.39. The fourth-order valence-electron chi connectivity index (χ4n) is 3.74. The molecule has 4 heteroatoms. The fraction of sp³-hybridized carbons (Fsp3) is 0.480. The first-order chi connectivity index (χ1) is 13.9. The van der Waals surface area contributed by atoms with Crippen molar-refractivity contribution >= 4 is 5.91 Å². The Hall–Kier alpha value is -2.33. The van der Waals surface area contributed by atoms with E-state index in [0.717, 1.165) is 28.0 Å². The van der Waals surface area contributed by atoms with Gasteiger partial charge in [-0.05, 0) is 47.6 Å². The lowest BCUT2D eigenvalue weighted by Crippen LogP contribution is -2.44. The summed E-state index contributed by atoms with van der Waals surface area (Å²) in [6, 6.07) is 14.3. The van der Waals surface area contributed by atoms with Gasteiger partial charge in [-0.3, -0.25) is 4.79 Å². The van der Waals surface area contributed by atoms with Crippen LogP contribution in [0.1, 0.15) is 73.5 Å². The van der Waals surface area contributed by atoms with E-state index in [1.54, 1.807) is 0 Å². The molecule has 0 aromatic heterocycles. The van der Waals surface area contributed by atoms with Crippen LogP contribution in [0.15, 0.2) is 42.5 Å². The number of carbonyl (C=O) groups excluding carboxylic acids is 1. The highest BCUT2D eigenvalue weighted by atomic mass is 16.5. The normalized spacial score (nSPS) is 17.1. The Balaban J connectivity index is 1.94. The Morgan fingerprint density at radius 1 is 1.10 bits per heavy atom. The van der Waals surface area contributed by atoms with Gasteiger partial charge in [-0.15, -0.1) is 0 Å². The van der Waals surface area contributed by atoms with Gasteiger partial charge in [-0.2, -0.15) is 0 Å². The van der Waals surface area contributed by atoms with Crippen LogP contribution in [0, 0.1) is 0 Å². The van der Waals surface area contributed by atoms with Gasteiger partial charge in [0.15, 0.2) is 0 Å². The summed E-state index contributed by atoms with van der Waals surface area (Å²) in [5.74, 6) is 1.52. The summed E-state index contributed by atoms with van der Waals surface area (Å²) < 4.78 is 11.9. The topological polar surface area (TPSA) is 38.8 Å². The number of hydrogen-bond donors (Lipinski definition) is 0. The van der Waals surface area contributed by atoms with Crippen molar-refractivity contribution < 1.29 is 14.3 Å². The molecule has 0 radical (unpaired) electrons. The Morgan fingerprint density at radius 2 is 1.72 bits per heavy atom. The maximum Gasteiger partial charge on any atom is 0.254 e. The molecule has 29 heavy (non-hydrogen) atoms. The van der Waals surface area contributed by atoms with Gasteiger partial charge < -0.3 is 14.4 Å². The zero-order valence-corrected chi connectivity index (χ0v) is 18.3. The minimum atomic E-state index is 0.0790. The zero-order chi connectivity index (χ0) is 21.0. The predicted molar refractivity (Wildman–Crippen MR) is 117 cm³/mol. The van der Waals surface area contributed by atoms with E-state index >= 15 is 0 Å². The Bertz CT molecular complexity index is 800. The molecule has 0 N–H and O–H groups in total. The summed E-state index contributed by atoms with van der Waals surface area (Å²) in [7, 11) is 0. The van der Waals surface area contributed by atoms with Crippen LogP contribution in [0.2, 0.25) is 0 Å². The average molecular weight is 396 g/mol. The zero-order valence-electron chi connectivity index (χ0n) is 18.3. The summed E-state index contributed by atoms with van der Waals surface area (Å²) in [6.07, 6.45) is 0.0790. The van der Waals surface area contributed by atoms with E-state index in [4.69, 9.17) is 9.47 Å². The van der Waals surface area contributed by atoms with Gasteiger partial charge in [-0.25, -0.2) is 0 Å². The number of hydrogen-bond acceptors (Lipinski definition) is 3. The van der Waals surface area contributed by atoms with Gasteiger partial charge in [0, 0.05) is 18.7 Å². The number of benzene rings is 2. The molecule has 1 saturated heterocycles. The van der Waals surface area contributed by atoms with Gasteiger partial charge >= 0.3 is 0 Å². The number of morpholine rings is 1. The van der Waals surface area contributed by atoms with E-state index in [0.29, 0.717) is 26.3 Å². The second-order valence-electron chi connectivity index (χ2n) is 8.50. The number of carbonyl (C=O) groups is 1. The van der Waals surface area contributed by atoms with Gasteiger partial charge in [0.25, 0.3) is 5.91 Å². The largest absolute Gasteiger partial charge is 0.488 e. The van der Waals surface area contributed by atoms with Crippen LogP contribution in [0.3, 0.4) is 0 Å². The van der Waals surface area contributed by atoms with E-state index in [9.17, 15) is 4.79 Å². The fourth-order valence-corrected chi connectivity index (χ4v) is 3.74. The van der Waals surface area contributed by atoms with Crippen molar-refractivity contribution in [3.8, 4) is 5.75 Å². The van der Waals surface area contributed by atoms with Crippen molar-refractivity contribution in [2.75, 3.05) is 19.7 Å². The standard InChI is InChI=1S/C25H33NO3/c1-17(2)22-13-21(25(27)26-11-12-28-19(5)15-26)14-23(18(3)4)24(22)29-16-20-9-7-6-8-10-20/h6-10,13-14,17-19H,11-12,15-16H2,1-5H3. The van der Waals surface area contributed by atoms with Crippen molar-refractivity contribution in [1.29, 1.82) is 0 Å². The van der Waals surface area contributed by atoms with Crippen LogP contribution >= 0.6 is 0 Å². The van der Waals surface area contributed by atoms with Crippen LogP contribution in [0.5, 0.6) is 5.75 Å². The average Bonchev–Trinajstić information content (AvgIpc) is 2.71. The third kappa shape index (κ3) is 5.18. The molecule has 0 aliphatic carbocycles. The first-order valence-corrected chi connectivity index (χ1v) is 10.6. The molecule has 156 valence electrons. The molecule has 1 atom stereocenters. The van der Waals surface area contributed by atoms with Crippen molar-refractivity contribution in [3.05, 3.63) is 64.7 Å². The number of amides is 1. The highest BCUT2D eigenvalue weighted by molar-refractivity contribution is 5.95. The lowest BCUT2D eigenvalue weighted by Gasteiger charge is -2.32. The molecule has 2 aromatic rings. The summed E-state index contributed by atoms with van der Waals surface area (Å²) >= 11 is 0. The number of rotatable bonds is 6. The van der Waals surface area contributed by atoms with Crippen LogP contribution in [-0.4, -0.2) is 36.6 Å². The van der Waals surface area contributed by atoms with E-state index < -0.39 is 0 Å². The second-order valence-corrected chi connectivity index (χ2v) is 8.50. The van der Waals surface area contributed by atoms with E-state index in [2.05, 4.69) is 39.8 Å². The molecule has 1 aliphatic rings. The Morgan fingerprint density at radius 3 is 2.28 bits per heavy atom. The van der Waals surface area contributed by atoms with Gasteiger partial charge in [-0.1, -0.05) is 58.0 Å². The van der Waals surface area contributed by atoms with E-state index in [1.165, 1.54) is 0 Å². The van der Waals surface area contributed by atoms with Gasteiger partial charge in [0.2, 0.25) is 0 Å². The molecule has 2 aromatic carbocycles. The Labute approximate surface area is 174 Å². The molecule has 0 spiro atoms. The molecular formula is C25H33NO3. The maximum absolute atomic E-state index is 13.2. The SMILES string of the molecule is CC1CN(C(=O)c2cc(C(C)C)c(OCc3ccccc3)c(C(C)C)c2)CCO1. The monoisotopic (exact) mass is 395 g/mol. The molecule has 1 unspecified atom stereocenters. The van der Waals surface area contributed by atoms with Crippen molar-refractivity contribution in [2.24, 2.45) is 0 Å². The van der Waals surface area contributed by atoms with Gasteiger partial charge in [0.05, 0.1) is 12.7 Å². The number of ether oxygens (including phenoxy) is 2. The smallest absolute Gasteiger partial charge is 0.254 e. The number of nitrogens with zero attached hydrogens (tertiary/aromatic N) is 1. The van der Waals surface area contributed by atoms with Crippen molar-refractivity contribution in [3.63, 3.8) is 0 Å². The van der Waals surface area contributed by atoms with Crippen molar-refractivity contribution in [1.82, 2.24) is 4.90 Å². The minimum Gasteiger partial charge on any atom is -0.488 e. The summed E-state index contributed by atoms with van der Waals surface area (Å²) in [5.41, 5.74) is 4.08. The summed E-state index contributed by atoms with van der Waals surface area (Å²) in [4.78, 5) is 15.1. The molecular weight excluding hydrogens is 362 g/mol. The van der Waals surface area contributed by atoms with Crippen LogP contribution in [0.4, 0.5) is 0 Å². The highest BCUT2D eigenvalue weighted by Crippen LogP contribution is 2.37. The Kier molecular flexibility index (Phi) is 6.96. The maximum atomic E-state index is 13.2. The highest BCUT2D eigenvalue weighted by Gasteiger charge is 2.25. The van der Waals surface area contributed by atoms with Crippen molar-refractivity contribution in [2.45, 2.75) is 59.2 Å². The molecule has 4 nitrogen and oxygen atoms in total. The molecule has 1 fully saturated rings. The summed E-state index contributed by atoms with van der Waals surface area (Å²) in [5, 5.41) is 0. The molecule has 1 heterocycles. The minimum absolute atomic E-state index is 0.0790. The first-order valence-electron chi connectivity index (χ1n) is 10.6. The molecule has 0 bridgehead atoms. The molecule has 0 saturated carbocycles. The second kappa shape index (κ2) is 9.45. The van der Waals surface area contributed by atoms with Crippen LogP contribution in [-0.2, 0) is 11.3 Å². The lowest BCUT2D eigenvalue weighted by atomic mass is 9.91. The quantitative estimate of drug-likeness (QED) is 0.660. The van der Waals surface area contributed by atoms with Crippen LogP contribution in [0.25, 0.3) is 0 Å². The molecule has 3 rings (SSSR count). The summed E-state index contributed by atoms with van der Waals surface area (Å²) in [6.45, 7) is 13.0. The third-order valence-corrected chi connectivity index (χ3v) is 5.39. The predicted octanol–water partition coefficient (Wildman–Crippen LogP) is 5.37. The molecule has 1 aliphatic heterocycles. The molecule has 1 amide bonds. The first kappa shape index (κ1) is 21.4.